The Kier molecular flexibility index (Phi) is 6.04. The first kappa shape index (κ1) is 19.1. The van der Waals surface area contributed by atoms with E-state index in [1.165, 1.54) is 12.3 Å². The zero-order valence-corrected chi connectivity index (χ0v) is 15.4. The maximum Gasteiger partial charge on any atom is 0.273 e. The SMILES string of the molecule is O=C(Nc1ccccc1C(=O)N/N=C\c1ccccc1O)c1ccc(Cl)cc1. The Morgan fingerprint density at radius 1 is 0.893 bits per heavy atom. The van der Waals surface area contributed by atoms with Crippen molar-refractivity contribution in [2.75, 3.05) is 5.32 Å². The highest BCUT2D eigenvalue weighted by Gasteiger charge is 2.13. The highest BCUT2D eigenvalue weighted by atomic mass is 35.5. The van der Waals surface area contributed by atoms with Gasteiger partial charge in [0.15, 0.2) is 0 Å². The molecule has 0 bridgehead atoms. The Morgan fingerprint density at radius 3 is 2.32 bits per heavy atom. The molecule has 0 aliphatic carbocycles. The van der Waals surface area contributed by atoms with E-state index in [4.69, 9.17) is 11.6 Å². The minimum absolute atomic E-state index is 0.0520. The van der Waals surface area contributed by atoms with Crippen LogP contribution in [0.2, 0.25) is 5.02 Å². The third-order valence-corrected chi connectivity index (χ3v) is 4.08. The molecule has 3 rings (SSSR count). The Bertz CT molecular complexity index is 1030. The van der Waals surface area contributed by atoms with Gasteiger partial charge in [0, 0.05) is 16.1 Å². The minimum atomic E-state index is -0.501. The Labute approximate surface area is 166 Å². The Morgan fingerprint density at radius 2 is 1.57 bits per heavy atom. The van der Waals surface area contributed by atoms with Gasteiger partial charge < -0.3 is 10.4 Å². The molecule has 3 aromatic rings. The first-order valence-electron chi connectivity index (χ1n) is 8.32. The summed E-state index contributed by atoms with van der Waals surface area (Å²) in [6.07, 6.45) is 1.34. The van der Waals surface area contributed by atoms with Crippen LogP contribution in [0.5, 0.6) is 5.75 Å². The van der Waals surface area contributed by atoms with Crippen molar-refractivity contribution < 1.29 is 14.7 Å². The van der Waals surface area contributed by atoms with Gasteiger partial charge in [-0.2, -0.15) is 5.10 Å². The third kappa shape index (κ3) is 4.75. The number of rotatable bonds is 5. The van der Waals surface area contributed by atoms with Crippen LogP contribution in [-0.2, 0) is 0 Å². The number of benzene rings is 3. The van der Waals surface area contributed by atoms with Crippen LogP contribution in [0.3, 0.4) is 0 Å². The summed E-state index contributed by atoms with van der Waals surface area (Å²) in [5, 5.41) is 16.8. The van der Waals surface area contributed by atoms with Crippen molar-refractivity contribution in [3.63, 3.8) is 0 Å². The molecular weight excluding hydrogens is 378 g/mol. The van der Waals surface area contributed by atoms with Crippen molar-refractivity contribution in [3.05, 3.63) is 94.5 Å². The number of aromatic hydroxyl groups is 1. The number of hydrazone groups is 1. The maximum absolute atomic E-state index is 12.4. The molecule has 0 saturated heterocycles. The molecule has 3 aromatic carbocycles. The van der Waals surface area contributed by atoms with E-state index in [9.17, 15) is 14.7 Å². The monoisotopic (exact) mass is 393 g/mol. The third-order valence-electron chi connectivity index (χ3n) is 3.83. The standard InChI is InChI=1S/C21H16ClN3O3/c22-16-11-9-14(10-12-16)20(27)24-18-7-3-2-6-17(18)21(28)25-23-13-15-5-1-4-8-19(15)26/h1-13,26H,(H,24,27)(H,25,28)/b23-13-. The van der Waals surface area contributed by atoms with E-state index in [2.05, 4.69) is 15.8 Å². The van der Waals surface area contributed by atoms with E-state index in [0.29, 0.717) is 21.8 Å². The summed E-state index contributed by atoms with van der Waals surface area (Å²) in [5.74, 6) is -0.815. The molecule has 6 nitrogen and oxygen atoms in total. The normalized spacial score (nSPS) is 10.6. The number of nitrogens with one attached hydrogen (secondary N) is 2. The van der Waals surface area contributed by atoms with Gasteiger partial charge in [0.05, 0.1) is 17.5 Å². The molecule has 140 valence electrons. The van der Waals surface area contributed by atoms with Crippen LogP contribution in [0, 0.1) is 0 Å². The molecule has 0 aromatic heterocycles. The average molecular weight is 394 g/mol. The number of phenolic OH excluding ortho intramolecular Hbond substituents is 1. The van der Waals surface area contributed by atoms with E-state index in [-0.39, 0.29) is 17.2 Å². The van der Waals surface area contributed by atoms with Crippen LogP contribution in [0.15, 0.2) is 77.9 Å². The van der Waals surface area contributed by atoms with Crippen molar-refractivity contribution in [1.29, 1.82) is 0 Å². The summed E-state index contributed by atoms with van der Waals surface area (Å²) in [7, 11) is 0. The van der Waals surface area contributed by atoms with Crippen LogP contribution in [-0.4, -0.2) is 23.1 Å². The second-order valence-electron chi connectivity index (χ2n) is 5.76. The van der Waals surface area contributed by atoms with Crippen molar-refractivity contribution in [2.45, 2.75) is 0 Å². The molecule has 0 heterocycles. The van der Waals surface area contributed by atoms with E-state index in [1.54, 1.807) is 66.7 Å². The smallest absolute Gasteiger partial charge is 0.273 e. The molecule has 0 aliphatic heterocycles. The molecule has 0 saturated carbocycles. The van der Waals surface area contributed by atoms with Gasteiger partial charge in [0.25, 0.3) is 11.8 Å². The first-order valence-corrected chi connectivity index (χ1v) is 8.70. The van der Waals surface area contributed by atoms with Gasteiger partial charge in [-0.05, 0) is 48.5 Å². The Hall–Kier alpha value is -3.64. The molecule has 0 unspecified atom stereocenters. The van der Waals surface area contributed by atoms with Gasteiger partial charge in [-0.3, -0.25) is 9.59 Å². The number of phenols is 1. The van der Waals surface area contributed by atoms with Crippen molar-refractivity contribution in [2.24, 2.45) is 5.10 Å². The van der Waals surface area contributed by atoms with Gasteiger partial charge in [0.2, 0.25) is 0 Å². The number of carbonyl (C=O) groups excluding carboxylic acids is 2. The van der Waals surface area contributed by atoms with Gasteiger partial charge in [-0.15, -0.1) is 0 Å². The predicted molar refractivity (Wildman–Crippen MR) is 109 cm³/mol. The quantitative estimate of drug-likeness (QED) is 0.451. The second kappa shape index (κ2) is 8.83. The summed E-state index contributed by atoms with van der Waals surface area (Å²) in [6.45, 7) is 0. The molecule has 0 aliphatic rings. The van der Waals surface area contributed by atoms with Crippen LogP contribution in [0.25, 0.3) is 0 Å². The fraction of sp³-hybridized carbons (Fsp3) is 0. The summed E-state index contributed by atoms with van der Waals surface area (Å²) in [6, 6.07) is 19.6. The number of hydrogen-bond acceptors (Lipinski definition) is 4. The number of halogens is 1. The number of amides is 2. The fourth-order valence-electron chi connectivity index (χ4n) is 2.40. The molecule has 3 N–H and O–H groups in total. The molecule has 7 heteroatoms. The number of carbonyl (C=O) groups is 2. The van der Waals surface area contributed by atoms with Crippen molar-refractivity contribution in [1.82, 2.24) is 5.43 Å². The number of nitrogens with zero attached hydrogens (tertiary/aromatic N) is 1. The van der Waals surface area contributed by atoms with Crippen LogP contribution in [0.4, 0.5) is 5.69 Å². The summed E-state index contributed by atoms with van der Waals surface area (Å²) >= 11 is 5.83. The lowest BCUT2D eigenvalue weighted by Gasteiger charge is -2.10. The summed E-state index contributed by atoms with van der Waals surface area (Å²) in [5.41, 5.74) is 3.86. The number of anilines is 1. The lowest BCUT2D eigenvalue weighted by Crippen LogP contribution is -2.21. The average Bonchev–Trinajstić information content (AvgIpc) is 2.70. The van der Waals surface area contributed by atoms with Crippen molar-refractivity contribution in [3.8, 4) is 5.75 Å². The van der Waals surface area contributed by atoms with Crippen LogP contribution < -0.4 is 10.7 Å². The highest BCUT2D eigenvalue weighted by molar-refractivity contribution is 6.30. The van der Waals surface area contributed by atoms with Crippen molar-refractivity contribution >= 4 is 35.3 Å². The molecule has 28 heavy (non-hydrogen) atoms. The largest absolute Gasteiger partial charge is 0.507 e. The lowest BCUT2D eigenvalue weighted by molar-refractivity contribution is 0.0956. The highest BCUT2D eigenvalue weighted by Crippen LogP contribution is 2.17. The van der Waals surface area contributed by atoms with Crippen LogP contribution >= 0.6 is 11.6 Å². The topological polar surface area (TPSA) is 90.8 Å². The van der Waals surface area contributed by atoms with E-state index >= 15 is 0 Å². The fourth-order valence-corrected chi connectivity index (χ4v) is 2.53. The molecule has 0 spiro atoms. The van der Waals surface area contributed by atoms with E-state index < -0.39 is 5.91 Å². The van der Waals surface area contributed by atoms with Gasteiger partial charge >= 0.3 is 0 Å². The second-order valence-corrected chi connectivity index (χ2v) is 6.20. The Balaban J connectivity index is 1.72. The molecule has 0 atom stereocenters. The van der Waals surface area contributed by atoms with E-state index in [0.717, 1.165) is 0 Å². The molecule has 2 amide bonds. The lowest BCUT2D eigenvalue weighted by atomic mass is 10.1. The number of hydrogen-bond donors (Lipinski definition) is 3. The van der Waals surface area contributed by atoms with Gasteiger partial charge in [0.1, 0.15) is 5.75 Å². The molecule has 0 radical (unpaired) electrons. The minimum Gasteiger partial charge on any atom is -0.507 e. The maximum atomic E-state index is 12.4. The molecular formula is C21H16ClN3O3. The van der Waals surface area contributed by atoms with Gasteiger partial charge in [-0.1, -0.05) is 35.9 Å². The van der Waals surface area contributed by atoms with Gasteiger partial charge in [-0.25, -0.2) is 5.43 Å². The summed E-state index contributed by atoms with van der Waals surface area (Å²) < 4.78 is 0. The summed E-state index contributed by atoms with van der Waals surface area (Å²) in [4.78, 5) is 24.8. The van der Waals surface area contributed by atoms with Crippen LogP contribution in [0.1, 0.15) is 26.3 Å². The zero-order valence-electron chi connectivity index (χ0n) is 14.6. The first-order chi connectivity index (χ1) is 13.5. The zero-order chi connectivity index (χ0) is 19.9. The predicted octanol–water partition coefficient (Wildman–Crippen LogP) is 4.06. The molecule has 0 fully saturated rings. The van der Waals surface area contributed by atoms with E-state index in [1.807, 2.05) is 0 Å². The number of para-hydroxylation sites is 2.